The van der Waals surface area contributed by atoms with E-state index in [0.29, 0.717) is 18.0 Å². The van der Waals surface area contributed by atoms with E-state index in [-0.39, 0.29) is 18.1 Å². The molecule has 21 heavy (non-hydrogen) atoms. The molecule has 1 atom stereocenters. The summed E-state index contributed by atoms with van der Waals surface area (Å²) in [4.78, 5) is 12.5. The number of ether oxygens (including phenoxy) is 2. The van der Waals surface area contributed by atoms with Gasteiger partial charge < -0.3 is 20.5 Å². The van der Waals surface area contributed by atoms with Crippen molar-refractivity contribution in [1.82, 2.24) is 5.32 Å². The molecule has 1 aromatic carbocycles. The van der Waals surface area contributed by atoms with Gasteiger partial charge in [-0.05, 0) is 25.0 Å². The van der Waals surface area contributed by atoms with Crippen molar-refractivity contribution in [3.8, 4) is 11.5 Å². The van der Waals surface area contributed by atoms with Gasteiger partial charge in [0.1, 0.15) is 6.61 Å². The zero-order chi connectivity index (χ0) is 14.7. The van der Waals surface area contributed by atoms with Crippen LogP contribution in [0.5, 0.6) is 11.5 Å². The van der Waals surface area contributed by atoms with Gasteiger partial charge in [-0.25, -0.2) is 0 Å². The lowest BCUT2D eigenvalue weighted by atomic mass is 9.81. The van der Waals surface area contributed by atoms with Gasteiger partial charge in [0.2, 0.25) is 6.10 Å². The van der Waals surface area contributed by atoms with E-state index in [0.717, 1.165) is 25.7 Å². The maximum Gasteiger partial charge on any atom is 0.265 e. The van der Waals surface area contributed by atoms with Gasteiger partial charge in [0.15, 0.2) is 11.5 Å². The van der Waals surface area contributed by atoms with E-state index in [1.54, 1.807) is 0 Å². The molecule has 3 N–H and O–H groups in total. The molecule has 5 nitrogen and oxygen atoms in total. The van der Waals surface area contributed by atoms with Crippen molar-refractivity contribution < 1.29 is 14.3 Å². The number of hydrogen-bond acceptors (Lipinski definition) is 4. The topological polar surface area (TPSA) is 73.6 Å². The van der Waals surface area contributed by atoms with E-state index in [9.17, 15) is 4.79 Å². The minimum absolute atomic E-state index is 0.128. The molecule has 1 unspecified atom stereocenters. The van der Waals surface area contributed by atoms with Crippen LogP contribution in [0.15, 0.2) is 24.3 Å². The fourth-order valence-corrected chi connectivity index (χ4v) is 3.10. The van der Waals surface area contributed by atoms with Crippen LogP contribution in [-0.2, 0) is 4.79 Å². The molecule has 0 saturated heterocycles. The number of nitrogens with one attached hydrogen (secondary N) is 1. The minimum atomic E-state index is -0.606. The first-order valence-corrected chi connectivity index (χ1v) is 7.63. The van der Waals surface area contributed by atoms with Crippen molar-refractivity contribution >= 4 is 5.91 Å². The molecule has 0 spiro atoms. The fraction of sp³-hybridized carbons (Fsp3) is 0.562. The molecule has 1 saturated carbocycles. The van der Waals surface area contributed by atoms with Crippen molar-refractivity contribution in [2.75, 3.05) is 13.2 Å². The Kier molecular flexibility index (Phi) is 4.01. The normalized spacial score (nSPS) is 23.4. The second-order valence-corrected chi connectivity index (χ2v) is 5.90. The highest BCUT2D eigenvalue weighted by molar-refractivity contribution is 5.82. The van der Waals surface area contributed by atoms with Gasteiger partial charge in [0, 0.05) is 6.54 Å². The van der Waals surface area contributed by atoms with Gasteiger partial charge in [-0.15, -0.1) is 0 Å². The van der Waals surface area contributed by atoms with Crippen LogP contribution in [0.4, 0.5) is 0 Å². The smallest absolute Gasteiger partial charge is 0.265 e. The van der Waals surface area contributed by atoms with Crippen molar-refractivity contribution in [2.24, 2.45) is 5.73 Å². The van der Waals surface area contributed by atoms with Gasteiger partial charge in [-0.1, -0.05) is 31.4 Å². The Morgan fingerprint density at radius 2 is 1.95 bits per heavy atom. The first kappa shape index (κ1) is 14.2. The molecule has 3 rings (SSSR count). The first-order valence-electron chi connectivity index (χ1n) is 7.63. The van der Waals surface area contributed by atoms with Crippen LogP contribution < -0.4 is 20.5 Å². The zero-order valence-corrected chi connectivity index (χ0v) is 12.1. The lowest BCUT2D eigenvalue weighted by molar-refractivity contribution is -0.132. The van der Waals surface area contributed by atoms with E-state index in [4.69, 9.17) is 15.2 Å². The molecule has 1 amide bonds. The highest BCUT2D eigenvalue weighted by Gasteiger charge is 2.36. The molecule has 5 heteroatoms. The van der Waals surface area contributed by atoms with Gasteiger partial charge >= 0.3 is 0 Å². The van der Waals surface area contributed by atoms with E-state index in [2.05, 4.69) is 5.32 Å². The van der Waals surface area contributed by atoms with Gasteiger partial charge in [0.05, 0.1) is 5.54 Å². The number of hydrogen-bond donors (Lipinski definition) is 2. The molecule has 0 radical (unpaired) electrons. The quantitative estimate of drug-likeness (QED) is 0.887. The monoisotopic (exact) mass is 290 g/mol. The molecule has 1 aliphatic carbocycles. The standard InChI is InChI=1S/C16H22N2O3/c17-11-16(8-4-1-5-9-16)18-15(19)14-10-20-12-6-2-3-7-13(12)21-14/h2-3,6-7,14H,1,4-5,8-11,17H2,(H,18,19). The van der Waals surface area contributed by atoms with E-state index >= 15 is 0 Å². The number of benzene rings is 1. The summed E-state index contributed by atoms with van der Waals surface area (Å²) in [6.07, 6.45) is 4.72. The van der Waals surface area contributed by atoms with Gasteiger partial charge in [-0.2, -0.15) is 0 Å². The number of fused-ring (bicyclic) bond motifs is 1. The molecule has 0 aromatic heterocycles. The summed E-state index contributed by atoms with van der Waals surface area (Å²) in [5.74, 6) is 1.18. The Hall–Kier alpha value is -1.75. The van der Waals surface area contributed by atoms with Crippen molar-refractivity contribution in [3.05, 3.63) is 24.3 Å². The van der Waals surface area contributed by atoms with Gasteiger partial charge in [0.25, 0.3) is 5.91 Å². The number of nitrogens with two attached hydrogens (primary N) is 1. The molecule has 1 aromatic rings. The molecular weight excluding hydrogens is 268 g/mol. The van der Waals surface area contributed by atoms with Crippen LogP contribution in [0.25, 0.3) is 0 Å². The maximum absolute atomic E-state index is 12.5. The number of para-hydroxylation sites is 2. The molecular formula is C16H22N2O3. The maximum atomic E-state index is 12.5. The summed E-state index contributed by atoms with van der Waals surface area (Å²) >= 11 is 0. The third kappa shape index (κ3) is 2.97. The summed E-state index contributed by atoms with van der Waals surface area (Å²) in [5.41, 5.74) is 5.64. The average molecular weight is 290 g/mol. The Labute approximate surface area is 124 Å². The second kappa shape index (κ2) is 5.93. The third-order valence-corrected chi connectivity index (χ3v) is 4.39. The van der Waals surface area contributed by atoms with Crippen LogP contribution in [0.2, 0.25) is 0 Å². The van der Waals surface area contributed by atoms with E-state index in [1.165, 1.54) is 6.42 Å². The summed E-state index contributed by atoms with van der Waals surface area (Å²) < 4.78 is 11.3. The SMILES string of the molecule is NCC1(NC(=O)C2COc3ccccc3O2)CCCCC1. The molecule has 1 fully saturated rings. The predicted octanol–water partition coefficient (Wildman–Crippen LogP) is 1.60. The van der Waals surface area contributed by atoms with E-state index < -0.39 is 6.10 Å². The van der Waals surface area contributed by atoms with Crippen molar-refractivity contribution in [1.29, 1.82) is 0 Å². The van der Waals surface area contributed by atoms with Crippen LogP contribution in [0.3, 0.4) is 0 Å². The van der Waals surface area contributed by atoms with Crippen LogP contribution in [0.1, 0.15) is 32.1 Å². The third-order valence-electron chi connectivity index (χ3n) is 4.39. The summed E-state index contributed by atoms with van der Waals surface area (Å²) in [7, 11) is 0. The summed E-state index contributed by atoms with van der Waals surface area (Å²) in [6.45, 7) is 0.715. The molecule has 2 aliphatic rings. The first-order chi connectivity index (χ1) is 10.2. The van der Waals surface area contributed by atoms with E-state index in [1.807, 2.05) is 24.3 Å². The molecule has 1 heterocycles. The number of carbonyl (C=O) groups excluding carboxylic acids is 1. The van der Waals surface area contributed by atoms with Crippen LogP contribution >= 0.6 is 0 Å². The minimum Gasteiger partial charge on any atom is -0.485 e. The highest BCUT2D eigenvalue weighted by atomic mass is 16.6. The van der Waals surface area contributed by atoms with Crippen LogP contribution in [-0.4, -0.2) is 30.7 Å². The van der Waals surface area contributed by atoms with Gasteiger partial charge in [-0.3, -0.25) is 4.79 Å². The zero-order valence-electron chi connectivity index (χ0n) is 12.1. The Balaban J connectivity index is 1.66. The Morgan fingerprint density at radius 3 is 2.67 bits per heavy atom. The highest BCUT2D eigenvalue weighted by Crippen LogP contribution is 2.32. The molecule has 0 bridgehead atoms. The Bertz CT molecular complexity index is 512. The summed E-state index contributed by atoms with van der Waals surface area (Å²) in [5, 5.41) is 3.11. The number of carbonyl (C=O) groups is 1. The molecule has 1 aliphatic heterocycles. The summed E-state index contributed by atoms with van der Waals surface area (Å²) in [6, 6.07) is 7.40. The number of amides is 1. The van der Waals surface area contributed by atoms with Crippen molar-refractivity contribution in [2.45, 2.75) is 43.7 Å². The van der Waals surface area contributed by atoms with Crippen molar-refractivity contribution in [3.63, 3.8) is 0 Å². The lowest BCUT2D eigenvalue weighted by Crippen LogP contribution is -2.58. The second-order valence-electron chi connectivity index (χ2n) is 5.90. The largest absolute Gasteiger partial charge is 0.485 e. The fourth-order valence-electron chi connectivity index (χ4n) is 3.10. The molecule has 114 valence electrons. The Morgan fingerprint density at radius 1 is 1.24 bits per heavy atom. The number of rotatable bonds is 3. The van der Waals surface area contributed by atoms with Crippen LogP contribution in [0, 0.1) is 0 Å². The predicted molar refractivity (Wildman–Crippen MR) is 79.4 cm³/mol. The lowest BCUT2D eigenvalue weighted by Gasteiger charge is -2.38. The average Bonchev–Trinajstić information content (AvgIpc) is 2.55.